The highest BCUT2D eigenvalue weighted by Gasteiger charge is 2.07. The van der Waals surface area contributed by atoms with Crippen molar-refractivity contribution in [1.29, 1.82) is 0 Å². The van der Waals surface area contributed by atoms with Crippen LogP contribution in [0.25, 0.3) is 0 Å². The number of carbonyl (C=O) groups is 2. The van der Waals surface area contributed by atoms with Crippen molar-refractivity contribution >= 4 is 24.2 Å². The molecule has 1 aromatic rings. The number of furan rings is 1. The minimum Gasteiger partial charge on any atom is -0.459 e. The second-order valence-corrected chi connectivity index (χ2v) is 3.79. The van der Waals surface area contributed by atoms with Crippen LogP contribution in [0.3, 0.4) is 0 Å². The van der Waals surface area contributed by atoms with Crippen molar-refractivity contribution in [3.05, 3.63) is 24.2 Å². The van der Waals surface area contributed by atoms with E-state index in [2.05, 4.69) is 16.0 Å². The first-order valence-corrected chi connectivity index (χ1v) is 5.97. The number of carbonyl (C=O) groups excluding carboxylic acids is 2. The molecule has 0 atom stereocenters. The van der Waals surface area contributed by atoms with Crippen LogP contribution in [0.15, 0.2) is 22.8 Å². The molecule has 0 aliphatic rings. The number of hydrogen-bond donors (Lipinski definition) is 3. The van der Waals surface area contributed by atoms with Crippen LogP contribution in [0.1, 0.15) is 23.4 Å². The maximum Gasteiger partial charge on any atom is 0.287 e. The fourth-order valence-electron chi connectivity index (χ4n) is 1.39. The molecule has 0 spiro atoms. The summed E-state index contributed by atoms with van der Waals surface area (Å²) in [6.45, 7) is 1.63. The van der Waals surface area contributed by atoms with Crippen molar-refractivity contribution in [2.24, 2.45) is 0 Å². The molecule has 1 heterocycles. The van der Waals surface area contributed by atoms with Crippen molar-refractivity contribution in [2.75, 3.05) is 26.7 Å². The molecule has 2 amide bonds. The normalized spacial score (nSPS) is 9.53. The summed E-state index contributed by atoms with van der Waals surface area (Å²) in [6, 6.07) is 3.24. The van der Waals surface area contributed by atoms with Crippen molar-refractivity contribution in [2.45, 2.75) is 12.8 Å². The van der Waals surface area contributed by atoms with Crippen molar-refractivity contribution in [3.63, 3.8) is 0 Å². The predicted octanol–water partition coefficient (Wildman–Crippen LogP) is 0.547. The first kappa shape index (κ1) is 17.5. The lowest BCUT2D eigenvalue weighted by Gasteiger charge is -2.06. The molecule has 108 valence electrons. The van der Waals surface area contributed by atoms with Gasteiger partial charge in [-0.1, -0.05) is 0 Å². The summed E-state index contributed by atoms with van der Waals surface area (Å²) in [5.74, 6) is -0.00252. The fourth-order valence-corrected chi connectivity index (χ4v) is 1.39. The van der Waals surface area contributed by atoms with Gasteiger partial charge in [-0.25, -0.2) is 0 Å². The van der Waals surface area contributed by atoms with Gasteiger partial charge in [-0.2, -0.15) is 0 Å². The Kier molecular flexibility index (Phi) is 9.56. The van der Waals surface area contributed by atoms with Crippen LogP contribution in [0.5, 0.6) is 0 Å². The zero-order chi connectivity index (χ0) is 13.2. The van der Waals surface area contributed by atoms with Crippen LogP contribution < -0.4 is 16.0 Å². The molecule has 0 radical (unpaired) electrons. The zero-order valence-electron chi connectivity index (χ0n) is 10.9. The molecule has 0 aliphatic heterocycles. The Morgan fingerprint density at radius 2 is 1.95 bits per heavy atom. The Hall–Kier alpha value is -1.53. The van der Waals surface area contributed by atoms with E-state index in [0.717, 1.165) is 13.0 Å². The van der Waals surface area contributed by atoms with Gasteiger partial charge in [0, 0.05) is 19.5 Å². The Morgan fingerprint density at radius 1 is 1.21 bits per heavy atom. The highest BCUT2D eigenvalue weighted by molar-refractivity contribution is 5.91. The van der Waals surface area contributed by atoms with E-state index < -0.39 is 0 Å². The van der Waals surface area contributed by atoms with Crippen LogP contribution in [0.4, 0.5) is 0 Å². The van der Waals surface area contributed by atoms with E-state index in [4.69, 9.17) is 4.42 Å². The molecule has 1 aromatic heterocycles. The van der Waals surface area contributed by atoms with Gasteiger partial charge in [0.25, 0.3) is 5.91 Å². The Bertz CT molecular complexity index is 368. The fraction of sp³-hybridized carbons (Fsp3) is 0.500. The van der Waals surface area contributed by atoms with Gasteiger partial charge in [-0.05, 0) is 32.1 Å². The third-order valence-electron chi connectivity index (χ3n) is 2.31. The average Bonchev–Trinajstić information content (AvgIpc) is 2.88. The summed E-state index contributed by atoms with van der Waals surface area (Å²) in [4.78, 5) is 22.8. The molecule has 0 aromatic carbocycles. The second kappa shape index (κ2) is 10.4. The molecule has 0 bridgehead atoms. The number of hydrogen-bond acceptors (Lipinski definition) is 4. The van der Waals surface area contributed by atoms with E-state index in [1.165, 1.54) is 6.26 Å². The van der Waals surface area contributed by atoms with E-state index in [9.17, 15) is 9.59 Å². The second-order valence-electron chi connectivity index (χ2n) is 3.79. The summed E-state index contributed by atoms with van der Waals surface area (Å²) >= 11 is 0. The molecule has 0 fully saturated rings. The van der Waals surface area contributed by atoms with Crippen molar-refractivity contribution < 1.29 is 14.0 Å². The highest BCUT2D eigenvalue weighted by atomic mass is 35.5. The zero-order valence-corrected chi connectivity index (χ0v) is 11.7. The molecule has 1 rings (SSSR count). The first-order chi connectivity index (χ1) is 8.74. The molecule has 0 unspecified atom stereocenters. The minimum absolute atomic E-state index is 0. The van der Waals surface area contributed by atoms with Crippen molar-refractivity contribution in [1.82, 2.24) is 16.0 Å². The summed E-state index contributed by atoms with van der Waals surface area (Å²) in [5, 5.41) is 8.35. The van der Waals surface area contributed by atoms with E-state index >= 15 is 0 Å². The van der Waals surface area contributed by atoms with E-state index in [1.807, 2.05) is 7.05 Å². The lowest BCUT2D eigenvalue weighted by Crippen LogP contribution is -2.34. The molecule has 19 heavy (non-hydrogen) atoms. The van der Waals surface area contributed by atoms with Crippen molar-refractivity contribution in [3.8, 4) is 0 Å². The molecule has 0 saturated carbocycles. The third kappa shape index (κ3) is 7.48. The smallest absolute Gasteiger partial charge is 0.287 e. The third-order valence-corrected chi connectivity index (χ3v) is 2.31. The molecule has 3 N–H and O–H groups in total. The van der Waals surface area contributed by atoms with Gasteiger partial charge in [-0.15, -0.1) is 12.4 Å². The van der Waals surface area contributed by atoms with Crippen LogP contribution in [-0.4, -0.2) is 38.5 Å². The summed E-state index contributed by atoms with van der Waals surface area (Å²) in [7, 11) is 1.85. The minimum atomic E-state index is -0.274. The van der Waals surface area contributed by atoms with Gasteiger partial charge in [0.05, 0.1) is 6.26 Å². The monoisotopic (exact) mass is 289 g/mol. The maximum atomic E-state index is 11.4. The van der Waals surface area contributed by atoms with Gasteiger partial charge in [0.2, 0.25) is 5.91 Å². The standard InChI is InChI=1S/C12H19N3O3.ClH/c1-13-6-2-5-11(16)14-7-8-15-12(17)10-4-3-9-18-10;/h3-4,9,13H,2,5-8H2,1H3,(H,14,16)(H,15,17);1H. The van der Waals surface area contributed by atoms with Crippen LogP contribution in [-0.2, 0) is 4.79 Å². The van der Waals surface area contributed by atoms with Gasteiger partial charge < -0.3 is 20.4 Å². The van der Waals surface area contributed by atoms with Crippen LogP contribution in [0.2, 0.25) is 0 Å². The average molecular weight is 290 g/mol. The van der Waals surface area contributed by atoms with Crippen LogP contribution >= 0.6 is 12.4 Å². The van der Waals surface area contributed by atoms with E-state index in [1.54, 1.807) is 12.1 Å². The predicted molar refractivity (Wildman–Crippen MR) is 74.5 cm³/mol. The molecular weight excluding hydrogens is 270 g/mol. The quantitative estimate of drug-likeness (QED) is 0.610. The van der Waals surface area contributed by atoms with Crippen LogP contribution in [0, 0.1) is 0 Å². The number of nitrogens with one attached hydrogen (secondary N) is 3. The number of rotatable bonds is 8. The Morgan fingerprint density at radius 3 is 2.58 bits per heavy atom. The molecule has 6 nitrogen and oxygen atoms in total. The maximum absolute atomic E-state index is 11.4. The molecule has 0 aliphatic carbocycles. The summed E-state index contributed by atoms with van der Waals surface area (Å²) in [6.07, 6.45) is 2.74. The van der Waals surface area contributed by atoms with E-state index in [-0.39, 0.29) is 30.0 Å². The summed E-state index contributed by atoms with van der Waals surface area (Å²) < 4.78 is 4.93. The van der Waals surface area contributed by atoms with Gasteiger partial charge in [0.1, 0.15) is 0 Å². The summed E-state index contributed by atoms with van der Waals surface area (Å²) in [5.41, 5.74) is 0. The topological polar surface area (TPSA) is 83.4 Å². The Labute approximate surface area is 118 Å². The lowest BCUT2D eigenvalue weighted by molar-refractivity contribution is -0.121. The lowest BCUT2D eigenvalue weighted by atomic mass is 10.3. The number of amides is 2. The molecule has 7 heteroatoms. The largest absolute Gasteiger partial charge is 0.459 e. The highest BCUT2D eigenvalue weighted by Crippen LogP contribution is 1.98. The SMILES string of the molecule is CNCCCC(=O)NCCNC(=O)c1ccco1.Cl. The Balaban J connectivity index is 0.00000324. The molecular formula is C12H20ClN3O3. The number of halogens is 1. The van der Waals surface area contributed by atoms with Gasteiger partial charge in [-0.3, -0.25) is 9.59 Å². The molecule has 0 saturated heterocycles. The first-order valence-electron chi connectivity index (χ1n) is 5.97. The van der Waals surface area contributed by atoms with E-state index in [0.29, 0.717) is 19.5 Å². The van der Waals surface area contributed by atoms with Gasteiger partial charge >= 0.3 is 0 Å². The van der Waals surface area contributed by atoms with Gasteiger partial charge in [0.15, 0.2) is 5.76 Å².